The number of amides is 1. The minimum absolute atomic E-state index is 0.203. The number of likely N-dealkylation sites (tertiary alicyclic amines) is 1. The van der Waals surface area contributed by atoms with Crippen molar-refractivity contribution in [3.63, 3.8) is 0 Å². The van der Waals surface area contributed by atoms with Crippen LogP contribution >= 0.6 is 0 Å². The van der Waals surface area contributed by atoms with Crippen LogP contribution < -0.4 is 0 Å². The average molecular weight is 282 g/mol. The van der Waals surface area contributed by atoms with Crippen molar-refractivity contribution < 1.29 is 9.90 Å². The van der Waals surface area contributed by atoms with Crippen LogP contribution in [0.15, 0.2) is 0 Å². The van der Waals surface area contributed by atoms with Gasteiger partial charge >= 0.3 is 0 Å². The molecule has 2 rings (SSSR count). The molecule has 1 aliphatic heterocycles. The van der Waals surface area contributed by atoms with Crippen molar-refractivity contribution in [3.05, 3.63) is 0 Å². The molecule has 2 fully saturated rings. The quantitative estimate of drug-likeness (QED) is 0.810. The lowest BCUT2D eigenvalue weighted by Crippen LogP contribution is -2.42. The summed E-state index contributed by atoms with van der Waals surface area (Å²) in [5, 5.41) is 9.24. The van der Waals surface area contributed by atoms with Crippen LogP contribution in [0.4, 0.5) is 0 Å². The highest BCUT2D eigenvalue weighted by atomic mass is 16.3. The number of aliphatic hydroxyl groups excluding tert-OH is 1. The molecule has 0 atom stereocenters. The summed E-state index contributed by atoms with van der Waals surface area (Å²) in [5.41, 5.74) is 0. The molecular weight excluding hydrogens is 252 g/mol. The highest BCUT2D eigenvalue weighted by Gasteiger charge is 2.22. The number of carbonyl (C=O) groups excluding carboxylic acids is 1. The van der Waals surface area contributed by atoms with Gasteiger partial charge in [-0.1, -0.05) is 19.3 Å². The second-order valence-electron chi connectivity index (χ2n) is 6.24. The summed E-state index contributed by atoms with van der Waals surface area (Å²) in [6.07, 6.45) is 10.6. The Morgan fingerprint density at radius 3 is 2.30 bits per heavy atom. The summed E-state index contributed by atoms with van der Waals surface area (Å²) in [5.74, 6) is 0.309. The lowest BCUT2D eigenvalue weighted by atomic mass is 9.94. The van der Waals surface area contributed by atoms with Gasteiger partial charge in [-0.05, 0) is 32.1 Å². The SMILES string of the molecule is O=C(CCN(CCO)C1CCCCC1)N1CCCCC1. The van der Waals surface area contributed by atoms with Gasteiger partial charge in [-0.2, -0.15) is 0 Å². The van der Waals surface area contributed by atoms with Crippen LogP contribution in [0.2, 0.25) is 0 Å². The van der Waals surface area contributed by atoms with Crippen LogP contribution in [-0.4, -0.2) is 59.6 Å². The number of carbonyl (C=O) groups is 1. The fraction of sp³-hybridized carbons (Fsp3) is 0.938. The Morgan fingerprint density at radius 2 is 1.65 bits per heavy atom. The van der Waals surface area contributed by atoms with Gasteiger partial charge in [0.05, 0.1) is 6.61 Å². The smallest absolute Gasteiger partial charge is 0.223 e. The Bertz CT molecular complexity index is 284. The van der Waals surface area contributed by atoms with Gasteiger partial charge in [0.15, 0.2) is 0 Å². The molecule has 1 amide bonds. The minimum Gasteiger partial charge on any atom is -0.395 e. The number of hydrogen-bond acceptors (Lipinski definition) is 3. The number of rotatable bonds is 6. The summed E-state index contributed by atoms with van der Waals surface area (Å²) >= 11 is 0. The lowest BCUT2D eigenvalue weighted by molar-refractivity contribution is -0.132. The van der Waals surface area contributed by atoms with E-state index in [0.717, 1.165) is 39.0 Å². The van der Waals surface area contributed by atoms with Gasteiger partial charge in [0, 0.05) is 38.6 Å². The van der Waals surface area contributed by atoms with Crippen LogP contribution in [-0.2, 0) is 4.79 Å². The van der Waals surface area contributed by atoms with E-state index in [2.05, 4.69) is 4.90 Å². The van der Waals surface area contributed by atoms with Crippen LogP contribution in [0.25, 0.3) is 0 Å². The van der Waals surface area contributed by atoms with Gasteiger partial charge in [0.25, 0.3) is 0 Å². The fourth-order valence-electron chi connectivity index (χ4n) is 3.59. The van der Waals surface area contributed by atoms with E-state index in [1.165, 1.54) is 38.5 Å². The molecule has 0 bridgehead atoms. The molecule has 116 valence electrons. The fourth-order valence-corrected chi connectivity index (χ4v) is 3.59. The maximum absolute atomic E-state index is 12.2. The first kappa shape index (κ1) is 15.8. The molecule has 0 unspecified atom stereocenters. The van der Waals surface area contributed by atoms with E-state index in [0.29, 0.717) is 18.4 Å². The minimum atomic E-state index is 0.203. The zero-order valence-corrected chi connectivity index (χ0v) is 12.7. The first-order valence-corrected chi connectivity index (χ1v) is 8.44. The summed E-state index contributed by atoms with van der Waals surface area (Å²) in [6, 6.07) is 0.588. The Kier molecular flexibility index (Phi) is 6.80. The maximum atomic E-state index is 12.2. The van der Waals surface area contributed by atoms with Gasteiger partial charge in [-0.25, -0.2) is 0 Å². The van der Waals surface area contributed by atoms with Crippen molar-refractivity contribution in [1.82, 2.24) is 9.80 Å². The van der Waals surface area contributed by atoms with Crippen LogP contribution in [0.5, 0.6) is 0 Å². The molecule has 0 aromatic rings. The Labute approximate surface area is 123 Å². The number of hydrogen-bond donors (Lipinski definition) is 1. The number of nitrogens with zero attached hydrogens (tertiary/aromatic N) is 2. The van der Waals surface area contributed by atoms with Crippen LogP contribution in [0, 0.1) is 0 Å². The van der Waals surface area contributed by atoms with Crippen molar-refractivity contribution >= 4 is 5.91 Å². The van der Waals surface area contributed by atoms with Gasteiger partial charge in [0.2, 0.25) is 5.91 Å². The van der Waals surface area contributed by atoms with Gasteiger partial charge in [-0.3, -0.25) is 9.69 Å². The molecule has 0 spiro atoms. The maximum Gasteiger partial charge on any atom is 0.223 e. The molecule has 0 radical (unpaired) electrons. The number of piperidine rings is 1. The van der Waals surface area contributed by atoms with Crippen molar-refractivity contribution in [1.29, 1.82) is 0 Å². The lowest BCUT2D eigenvalue weighted by Gasteiger charge is -2.34. The van der Waals surface area contributed by atoms with E-state index in [9.17, 15) is 9.90 Å². The zero-order valence-electron chi connectivity index (χ0n) is 12.7. The van der Waals surface area contributed by atoms with Gasteiger partial charge in [-0.15, -0.1) is 0 Å². The second kappa shape index (κ2) is 8.63. The molecule has 1 saturated carbocycles. The van der Waals surface area contributed by atoms with E-state index in [-0.39, 0.29) is 6.61 Å². The molecule has 4 heteroatoms. The van der Waals surface area contributed by atoms with E-state index in [4.69, 9.17) is 0 Å². The average Bonchev–Trinajstić information content (AvgIpc) is 2.53. The molecule has 1 saturated heterocycles. The summed E-state index contributed by atoms with van der Waals surface area (Å²) in [4.78, 5) is 16.6. The van der Waals surface area contributed by atoms with E-state index in [1.54, 1.807) is 0 Å². The van der Waals surface area contributed by atoms with Crippen LogP contribution in [0.1, 0.15) is 57.8 Å². The number of aliphatic hydroxyl groups is 1. The topological polar surface area (TPSA) is 43.8 Å². The molecule has 1 aliphatic carbocycles. The van der Waals surface area contributed by atoms with Crippen molar-refractivity contribution in [2.45, 2.75) is 63.8 Å². The molecule has 0 aromatic heterocycles. The normalized spacial score (nSPS) is 21.4. The van der Waals surface area contributed by atoms with Gasteiger partial charge < -0.3 is 10.0 Å². The standard InChI is InChI=1S/C16H30N2O2/c19-14-13-17(15-7-3-1-4-8-15)12-9-16(20)18-10-5-2-6-11-18/h15,19H,1-14H2. The summed E-state index contributed by atoms with van der Waals surface area (Å²) < 4.78 is 0. The zero-order chi connectivity index (χ0) is 14.2. The third kappa shape index (κ3) is 4.74. The third-order valence-electron chi connectivity index (χ3n) is 4.80. The summed E-state index contributed by atoms with van der Waals surface area (Å²) in [6.45, 7) is 3.64. The van der Waals surface area contributed by atoms with Crippen molar-refractivity contribution in [2.75, 3.05) is 32.8 Å². The van der Waals surface area contributed by atoms with E-state index in [1.807, 2.05) is 4.90 Å². The van der Waals surface area contributed by atoms with E-state index >= 15 is 0 Å². The first-order chi connectivity index (χ1) is 9.81. The van der Waals surface area contributed by atoms with Crippen molar-refractivity contribution in [3.8, 4) is 0 Å². The monoisotopic (exact) mass is 282 g/mol. The molecule has 0 aromatic carbocycles. The van der Waals surface area contributed by atoms with E-state index < -0.39 is 0 Å². The van der Waals surface area contributed by atoms with Crippen LogP contribution in [0.3, 0.4) is 0 Å². The first-order valence-electron chi connectivity index (χ1n) is 8.44. The largest absolute Gasteiger partial charge is 0.395 e. The predicted octanol–water partition coefficient (Wildman–Crippen LogP) is 2.02. The molecule has 1 heterocycles. The molecule has 20 heavy (non-hydrogen) atoms. The van der Waals surface area contributed by atoms with Gasteiger partial charge in [0.1, 0.15) is 0 Å². The highest BCUT2D eigenvalue weighted by molar-refractivity contribution is 5.76. The second-order valence-corrected chi connectivity index (χ2v) is 6.24. The molecule has 4 nitrogen and oxygen atoms in total. The Hall–Kier alpha value is -0.610. The highest BCUT2D eigenvalue weighted by Crippen LogP contribution is 2.22. The molecule has 2 aliphatic rings. The Balaban J connectivity index is 1.76. The molecular formula is C16H30N2O2. The third-order valence-corrected chi connectivity index (χ3v) is 4.80. The predicted molar refractivity (Wildman–Crippen MR) is 80.6 cm³/mol. The Morgan fingerprint density at radius 1 is 1.00 bits per heavy atom. The summed E-state index contributed by atoms with van der Waals surface area (Å²) in [7, 11) is 0. The van der Waals surface area contributed by atoms with Crippen molar-refractivity contribution in [2.24, 2.45) is 0 Å². The molecule has 1 N–H and O–H groups in total.